The number of nitrogens with zero attached hydrogens (tertiary/aromatic N) is 3. The van der Waals surface area contributed by atoms with Crippen molar-refractivity contribution in [2.24, 2.45) is 7.05 Å². The molecule has 7 heteroatoms. The molecule has 0 aliphatic carbocycles. The summed E-state index contributed by atoms with van der Waals surface area (Å²) in [6.45, 7) is 0. The van der Waals surface area contributed by atoms with Crippen molar-refractivity contribution in [3.05, 3.63) is 47.1 Å². The molecule has 3 aromatic rings. The fourth-order valence-electron chi connectivity index (χ4n) is 2.02. The first-order chi connectivity index (χ1) is 10.6. The number of aromatic hydroxyl groups is 1. The van der Waals surface area contributed by atoms with Crippen molar-refractivity contribution >= 4 is 10.9 Å². The van der Waals surface area contributed by atoms with E-state index in [1.807, 2.05) is 0 Å². The highest BCUT2D eigenvalue weighted by atomic mass is 16.5. The molecule has 3 rings (SSSR count). The first kappa shape index (κ1) is 13.9. The van der Waals surface area contributed by atoms with Crippen LogP contribution in [0, 0.1) is 0 Å². The predicted octanol–water partition coefficient (Wildman–Crippen LogP) is 1.83. The lowest BCUT2D eigenvalue weighted by molar-refractivity contribution is 0.358. The fourth-order valence-corrected chi connectivity index (χ4v) is 2.02. The minimum atomic E-state index is -0.216. The van der Waals surface area contributed by atoms with Gasteiger partial charge in [0.25, 0.3) is 11.4 Å². The zero-order valence-electron chi connectivity index (χ0n) is 12.0. The molecule has 2 aromatic heterocycles. The molecule has 0 amide bonds. The minimum Gasteiger partial charge on any atom is -0.491 e. The largest absolute Gasteiger partial charge is 0.491 e. The SMILES string of the molecule is COc1cc(Oc2ccc3ncn(C)c(=O)c3c2)cnc1O. The lowest BCUT2D eigenvalue weighted by Gasteiger charge is -2.08. The average molecular weight is 299 g/mol. The number of rotatable bonds is 3. The summed E-state index contributed by atoms with van der Waals surface area (Å²) in [5, 5.41) is 9.92. The molecular formula is C15H13N3O4. The van der Waals surface area contributed by atoms with Gasteiger partial charge >= 0.3 is 0 Å². The van der Waals surface area contributed by atoms with Gasteiger partial charge in [-0.05, 0) is 18.2 Å². The van der Waals surface area contributed by atoms with Crippen LogP contribution in [0.3, 0.4) is 0 Å². The highest BCUT2D eigenvalue weighted by Crippen LogP contribution is 2.30. The second-order valence-corrected chi connectivity index (χ2v) is 4.64. The van der Waals surface area contributed by atoms with Gasteiger partial charge in [-0.1, -0.05) is 0 Å². The van der Waals surface area contributed by atoms with Crippen molar-refractivity contribution in [3.63, 3.8) is 0 Å². The first-order valence-electron chi connectivity index (χ1n) is 6.45. The van der Waals surface area contributed by atoms with Crippen molar-refractivity contribution in [1.82, 2.24) is 14.5 Å². The van der Waals surface area contributed by atoms with Crippen LogP contribution in [0.2, 0.25) is 0 Å². The number of fused-ring (bicyclic) bond motifs is 1. The highest BCUT2D eigenvalue weighted by Gasteiger charge is 2.08. The molecule has 2 heterocycles. The van der Waals surface area contributed by atoms with Crippen LogP contribution in [-0.4, -0.2) is 26.8 Å². The van der Waals surface area contributed by atoms with E-state index in [0.29, 0.717) is 22.4 Å². The maximum Gasteiger partial charge on any atom is 0.261 e. The Morgan fingerprint density at radius 3 is 2.77 bits per heavy atom. The maximum absolute atomic E-state index is 12.1. The number of pyridine rings is 1. The number of methoxy groups -OCH3 is 1. The zero-order chi connectivity index (χ0) is 15.7. The Labute approximate surface area is 125 Å². The van der Waals surface area contributed by atoms with Gasteiger partial charge in [0.15, 0.2) is 5.75 Å². The van der Waals surface area contributed by atoms with Gasteiger partial charge in [0.2, 0.25) is 0 Å². The summed E-state index contributed by atoms with van der Waals surface area (Å²) in [6, 6.07) is 6.53. The third-order valence-corrected chi connectivity index (χ3v) is 3.15. The smallest absolute Gasteiger partial charge is 0.261 e. The van der Waals surface area contributed by atoms with Crippen LogP contribution in [0.1, 0.15) is 0 Å². The van der Waals surface area contributed by atoms with E-state index in [1.54, 1.807) is 25.2 Å². The molecule has 0 aliphatic rings. The van der Waals surface area contributed by atoms with Gasteiger partial charge in [-0.15, -0.1) is 0 Å². The first-order valence-corrected chi connectivity index (χ1v) is 6.45. The molecule has 0 saturated carbocycles. The maximum atomic E-state index is 12.1. The fraction of sp³-hybridized carbons (Fsp3) is 0.133. The summed E-state index contributed by atoms with van der Waals surface area (Å²) in [6.07, 6.45) is 2.84. The summed E-state index contributed by atoms with van der Waals surface area (Å²) in [7, 11) is 3.06. The Bertz CT molecular complexity index is 905. The molecule has 0 fully saturated rings. The number of hydrogen-bond donors (Lipinski definition) is 1. The van der Waals surface area contributed by atoms with Crippen LogP contribution >= 0.6 is 0 Å². The Morgan fingerprint density at radius 2 is 2.00 bits per heavy atom. The normalized spacial score (nSPS) is 10.6. The van der Waals surface area contributed by atoms with Crippen molar-refractivity contribution < 1.29 is 14.6 Å². The summed E-state index contributed by atoms with van der Waals surface area (Å²) in [5.74, 6) is 0.837. The van der Waals surface area contributed by atoms with Crippen LogP contribution in [0.15, 0.2) is 41.6 Å². The molecule has 7 nitrogen and oxygen atoms in total. The van der Waals surface area contributed by atoms with Crippen LogP contribution in [-0.2, 0) is 7.05 Å². The van der Waals surface area contributed by atoms with Gasteiger partial charge in [-0.3, -0.25) is 4.79 Å². The number of benzene rings is 1. The van der Waals surface area contributed by atoms with E-state index in [2.05, 4.69) is 9.97 Å². The molecule has 1 N–H and O–H groups in total. The monoisotopic (exact) mass is 299 g/mol. The van der Waals surface area contributed by atoms with Gasteiger partial charge in [0, 0.05) is 13.1 Å². The van der Waals surface area contributed by atoms with E-state index in [1.165, 1.54) is 30.3 Å². The number of aryl methyl sites for hydroxylation is 1. The number of hydrogen-bond acceptors (Lipinski definition) is 6. The molecule has 112 valence electrons. The average Bonchev–Trinajstić information content (AvgIpc) is 2.53. The van der Waals surface area contributed by atoms with E-state index < -0.39 is 0 Å². The molecule has 0 atom stereocenters. The van der Waals surface area contributed by atoms with Crippen molar-refractivity contribution in [2.45, 2.75) is 0 Å². The topological polar surface area (TPSA) is 86.5 Å². The highest BCUT2D eigenvalue weighted by molar-refractivity contribution is 5.79. The van der Waals surface area contributed by atoms with Gasteiger partial charge in [-0.2, -0.15) is 0 Å². The van der Waals surface area contributed by atoms with Crippen molar-refractivity contribution in [1.29, 1.82) is 0 Å². The molecule has 0 unspecified atom stereocenters. The molecule has 0 saturated heterocycles. The van der Waals surface area contributed by atoms with Gasteiger partial charge in [-0.25, -0.2) is 9.97 Å². The third-order valence-electron chi connectivity index (χ3n) is 3.15. The summed E-state index contributed by atoms with van der Waals surface area (Å²) >= 11 is 0. The number of ether oxygens (including phenoxy) is 2. The third kappa shape index (κ3) is 2.44. The second-order valence-electron chi connectivity index (χ2n) is 4.64. The summed E-state index contributed by atoms with van der Waals surface area (Å²) < 4.78 is 12.0. The van der Waals surface area contributed by atoms with Crippen LogP contribution < -0.4 is 15.0 Å². The molecule has 0 spiro atoms. The van der Waals surface area contributed by atoms with Gasteiger partial charge < -0.3 is 19.1 Å². The van der Waals surface area contributed by atoms with Crippen LogP contribution in [0.5, 0.6) is 23.1 Å². The zero-order valence-corrected chi connectivity index (χ0v) is 12.0. The standard InChI is InChI=1S/C15H13N3O4/c1-18-8-17-12-4-3-9(5-11(12)15(18)20)22-10-6-13(21-2)14(19)16-7-10/h3-8H,1-2H3,(H,16,19). The molecule has 0 bridgehead atoms. The minimum absolute atomic E-state index is 0.156. The van der Waals surface area contributed by atoms with Crippen molar-refractivity contribution in [2.75, 3.05) is 7.11 Å². The number of aromatic nitrogens is 3. The Hall–Kier alpha value is -3.09. The molecule has 0 radical (unpaired) electrons. The van der Waals surface area contributed by atoms with E-state index in [4.69, 9.17) is 9.47 Å². The quantitative estimate of drug-likeness (QED) is 0.794. The van der Waals surface area contributed by atoms with Gasteiger partial charge in [0.05, 0.1) is 30.5 Å². The molecule has 0 aliphatic heterocycles. The van der Waals surface area contributed by atoms with E-state index in [9.17, 15) is 9.90 Å². The predicted molar refractivity (Wildman–Crippen MR) is 79.5 cm³/mol. The second kappa shape index (κ2) is 5.36. The summed E-state index contributed by atoms with van der Waals surface area (Å²) in [4.78, 5) is 20.0. The van der Waals surface area contributed by atoms with Crippen molar-refractivity contribution in [3.8, 4) is 23.1 Å². The van der Waals surface area contributed by atoms with E-state index in [-0.39, 0.29) is 17.2 Å². The lowest BCUT2D eigenvalue weighted by Crippen LogP contribution is -2.16. The van der Waals surface area contributed by atoms with Crippen LogP contribution in [0.25, 0.3) is 10.9 Å². The Kier molecular flexibility index (Phi) is 3.38. The lowest BCUT2D eigenvalue weighted by atomic mass is 10.2. The van der Waals surface area contributed by atoms with Gasteiger partial charge in [0.1, 0.15) is 11.5 Å². The molecule has 1 aromatic carbocycles. The van der Waals surface area contributed by atoms with E-state index in [0.717, 1.165) is 0 Å². The summed E-state index contributed by atoms with van der Waals surface area (Å²) in [5.41, 5.74) is 0.439. The molecule has 22 heavy (non-hydrogen) atoms. The van der Waals surface area contributed by atoms with E-state index >= 15 is 0 Å². The van der Waals surface area contributed by atoms with Crippen LogP contribution in [0.4, 0.5) is 0 Å². The Morgan fingerprint density at radius 1 is 1.18 bits per heavy atom. The molecular weight excluding hydrogens is 286 g/mol. The Balaban J connectivity index is 2.01.